The zero-order valence-corrected chi connectivity index (χ0v) is 16.0. The highest BCUT2D eigenvalue weighted by Gasteiger charge is 2.17. The number of aromatic nitrogens is 3. The van der Waals surface area contributed by atoms with E-state index in [9.17, 15) is 14.9 Å². The number of Topliss-reactive ketones (excluding diaryl/α,β-unsaturated/α-hetero) is 1. The molecule has 2 aromatic carbocycles. The van der Waals surface area contributed by atoms with Crippen molar-refractivity contribution in [3.05, 3.63) is 75.1 Å². The van der Waals surface area contributed by atoms with E-state index in [0.29, 0.717) is 16.3 Å². The van der Waals surface area contributed by atoms with Crippen molar-refractivity contribution in [2.45, 2.75) is 25.9 Å². The summed E-state index contributed by atoms with van der Waals surface area (Å²) >= 11 is 1.26. The van der Waals surface area contributed by atoms with E-state index < -0.39 is 4.92 Å². The number of ketones is 1. The quantitative estimate of drug-likeness (QED) is 0.276. The van der Waals surface area contributed by atoms with Gasteiger partial charge < -0.3 is 0 Å². The molecule has 1 heterocycles. The predicted octanol–water partition coefficient (Wildman–Crippen LogP) is 4.08. The molecule has 27 heavy (non-hydrogen) atoms. The van der Waals surface area contributed by atoms with E-state index in [1.54, 1.807) is 19.1 Å². The standard InChI is InChI=1S/C19H18N4O3S/c1-12-4-8-16(9-5-12)22-14(3)20-21-19(22)27-11-18(24)15-7-6-13(2)17(10-15)23(25)26/h4-10H,11H2,1-3H3. The summed E-state index contributed by atoms with van der Waals surface area (Å²) in [5, 5.41) is 19.9. The Hall–Kier alpha value is -3.00. The van der Waals surface area contributed by atoms with Crippen molar-refractivity contribution in [3.63, 3.8) is 0 Å². The number of carbonyl (C=O) groups excluding carboxylic acids is 1. The topological polar surface area (TPSA) is 90.9 Å². The van der Waals surface area contributed by atoms with Crippen LogP contribution in [0.25, 0.3) is 5.69 Å². The number of carbonyl (C=O) groups is 1. The molecular weight excluding hydrogens is 364 g/mol. The van der Waals surface area contributed by atoms with Crippen LogP contribution in [0.4, 0.5) is 5.69 Å². The summed E-state index contributed by atoms with van der Waals surface area (Å²) in [5.74, 6) is 0.642. The van der Waals surface area contributed by atoms with Crippen LogP contribution in [0.5, 0.6) is 0 Å². The number of nitro groups is 1. The van der Waals surface area contributed by atoms with E-state index >= 15 is 0 Å². The van der Waals surface area contributed by atoms with Gasteiger partial charge in [0.25, 0.3) is 5.69 Å². The first-order valence-electron chi connectivity index (χ1n) is 8.27. The average molecular weight is 382 g/mol. The van der Waals surface area contributed by atoms with Gasteiger partial charge in [-0.05, 0) is 32.9 Å². The second kappa shape index (κ2) is 7.71. The minimum absolute atomic E-state index is 0.0514. The van der Waals surface area contributed by atoms with Gasteiger partial charge in [-0.15, -0.1) is 10.2 Å². The van der Waals surface area contributed by atoms with Crippen LogP contribution in [0.2, 0.25) is 0 Å². The smallest absolute Gasteiger partial charge is 0.273 e. The third kappa shape index (κ3) is 4.06. The fourth-order valence-electron chi connectivity index (χ4n) is 2.62. The molecule has 0 bridgehead atoms. The summed E-state index contributed by atoms with van der Waals surface area (Å²) in [6, 6.07) is 12.5. The van der Waals surface area contributed by atoms with Crippen LogP contribution in [0.3, 0.4) is 0 Å². The minimum atomic E-state index is -0.476. The number of thioether (sulfide) groups is 1. The van der Waals surface area contributed by atoms with E-state index in [1.807, 2.05) is 42.7 Å². The van der Waals surface area contributed by atoms with Gasteiger partial charge in [-0.25, -0.2) is 0 Å². The number of nitro benzene ring substituents is 1. The van der Waals surface area contributed by atoms with Gasteiger partial charge in [0.05, 0.1) is 10.7 Å². The van der Waals surface area contributed by atoms with E-state index in [1.165, 1.54) is 17.8 Å². The first kappa shape index (κ1) is 18.8. The Morgan fingerprint density at radius 2 is 1.81 bits per heavy atom. The summed E-state index contributed by atoms with van der Waals surface area (Å²) in [6.45, 7) is 5.51. The fraction of sp³-hybridized carbons (Fsp3) is 0.211. The monoisotopic (exact) mass is 382 g/mol. The Labute approximate surface area is 160 Å². The molecule has 0 atom stereocenters. The maximum Gasteiger partial charge on any atom is 0.273 e. The van der Waals surface area contributed by atoms with Gasteiger partial charge in [-0.2, -0.15) is 0 Å². The molecule has 0 fully saturated rings. The lowest BCUT2D eigenvalue weighted by atomic mass is 10.1. The van der Waals surface area contributed by atoms with Gasteiger partial charge in [-0.3, -0.25) is 19.5 Å². The lowest BCUT2D eigenvalue weighted by Gasteiger charge is -2.08. The van der Waals surface area contributed by atoms with E-state index in [2.05, 4.69) is 10.2 Å². The van der Waals surface area contributed by atoms with Crippen molar-refractivity contribution in [2.75, 3.05) is 5.75 Å². The van der Waals surface area contributed by atoms with Crippen molar-refractivity contribution >= 4 is 23.2 Å². The number of nitrogens with zero attached hydrogens (tertiary/aromatic N) is 4. The molecule has 7 nitrogen and oxygen atoms in total. The van der Waals surface area contributed by atoms with Crippen molar-refractivity contribution < 1.29 is 9.72 Å². The molecule has 0 spiro atoms. The van der Waals surface area contributed by atoms with Crippen LogP contribution in [0.1, 0.15) is 27.3 Å². The Morgan fingerprint density at radius 3 is 2.48 bits per heavy atom. The van der Waals surface area contributed by atoms with Crippen LogP contribution in [0, 0.1) is 30.9 Å². The van der Waals surface area contributed by atoms with Crippen LogP contribution in [-0.4, -0.2) is 31.2 Å². The van der Waals surface area contributed by atoms with E-state index in [4.69, 9.17) is 0 Å². The van der Waals surface area contributed by atoms with E-state index in [0.717, 1.165) is 17.1 Å². The van der Waals surface area contributed by atoms with Crippen molar-refractivity contribution in [3.8, 4) is 5.69 Å². The van der Waals surface area contributed by atoms with Gasteiger partial charge in [0.15, 0.2) is 10.9 Å². The molecule has 3 rings (SSSR count). The first-order chi connectivity index (χ1) is 12.9. The van der Waals surface area contributed by atoms with Crippen LogP contribution in [-0.2, 0) is 0 Å². The molecular formula is C19H18N4O3S. The number of hydrogen-bond donors (Lipinski definition) is 0. The summed E-state index contributed by atoms with van der Waals surface area (Å²) in [4.78, 5) is 23.1. The number of hydrogen-bond acceptors (Lipinski definition) is 6. The van der Waals surface area contributed by atoms with Crippen LogP contribution in [0.15, 0.2) is 47.6 Å². The Bertz CT molecular complexity index is 1010. The third-order valence-electron chi connectivity index (χ3n) is 4.15. The third-order valence-corrected chi connectivity index (χ3v) is 5.08. The van der Waals surface area contributed by atoms with Crippen molar-refractivity contribution in [1.29, 1.82) is 0 Å². The molecule has 3 aromatic rings. The fourth-order valence-corrected chi connectivity index (χ4v) is 3.51. The van der Waals surface area contributed by atoms with Crippen LogP contribution < -0.4 is 0 Å². The average Bonchev–Trinajstić information content (AvgIpc) is 3.01. The predicted molar refractivity (Wildman–Crippen MR) is 104 cm³/mol. The number of benzene rings is 2. The lowest BCUT2D eigenvalue weighted by molar-refractivity contribution is -0.385. The lowest BCUT2D eigenvalue weighted by Crippen LogP contribution is -2.06. The van der Waals surface area contributed by atoms with E-state index in [-0.39, 0.29) is 17.2 Å². The highest BCUT2D eigenvalue weighted by molar-refractivity contribution is 7.99. The van der Waals surface area contributed by atoms with Gasteiger partial charge in [0.2, 0.25) is 0 Å². The molecule has 0 radical (unpaired) electrons. The maximum atomic E-state index is 12.5. The second-order valence-electron chi connectivity index (χ2n) is 6.17. The largest absolute Gasteiger partial charge is 0.293 e. The zero-order valence-electron chi connectivity index (χ0n) is 15.2. The summed E-state index contributed by atoms with van der Waals surface area (Å²) in [5.41, 5.74) is 2.86. The Morgan fingerprint density at radius 1 is 1.11 bits per heavy atom. The molecule has 0 saturated heterocycles. The minimum Gasteiger partial charge on any atom is -0.293 e. The molecule has 0 unspecified atom stereocenters. The zero-order chi connectivity index (χ0) is 19.6. The highest BCUT2D eigenvalue weighted by atomic mass is 32.2. The molecule has 0 saturated carbocycles. The molecule has 8 heteroatoms. The first-order valence-corrected chi connectivity index (χ1v) is 9.25. The normalized spacial score (nSPS) is 10.8. The van der Waals surface area contributed by atoms with Crippen molar-refractivity contribution in [2.24, 2.45) is 0 Å². The maximum absolute atomic E-state index is 12.5. The number of aryl methyl sites for hydroxylation is 3. The Balaban J connectivity index is 1.80. The SMILES string of the molecule is Cc1ccc(-n2c(C)nnc2SCC(=O)c2ccc(C)c([N+](=O)[O-])c2)cc1. The number of rotatable bonds is 6. The molecule has 0 aliphatic rings. The van der Waals surface area contributed by atoms with Gasteiger partial charge >= 0.3 is 0 Å². The van der Waals surface area contributed by atoms with Gasteiger partial charge in [-0.1, -0.05) is 41.6 Å². The molecule has 0 amide bonds. The second-order valence-corrected chi connectivity index (χ2v) is 7.11. The van der Waals surface area contributed by atoms with Crippen LogP contribution >= 0.6 is 11.8 Å². The summed E-state index contributed by atoms with van der Waals surface area (Å²) in [6.07, 6.45) is 0. The van der Waals surface area contributed by atoms with Crippen molar-refractivity contribution in [1.82, 2.24) is 14.8 Å². The summed E-state index contributed by atoms with van der Waals surface area (Å²) in [7, 11) is 0. The molecule has 138 valence electrons. The molecule has 0 aliphatic heterocycles. The molecule has 0 aliphatic carbocycles. The van der Waals surface area contributed by atoms with Gasteiger partial charge in [0, 0.05) is 22.9 Å². The highest BCUT2D eigenvalue weighted by Crippen LogP contribution is 2.24. The molecule has 1 aromatic heterocycles. The molecule has 0 N–H and O–H groups in total. The van der Waals surface area contributed by atoms with Gasteiger partial charge in [0.1, 0.15) is 5.82 Å². The Kier molecular flexibility index (Phi) is 5.36. The summed E-state index contributed by atoms with van der Waals surface area (Å²) < 4.78 is 1.88.